The monoisotopic (exact) mass is 192 g/mol. The topological polar surface area (TPSA) is 15.6 Å². The Morgan fingerprint density at radius 1 is 1.36 bits per heavy atom. The van der Waals surface area contributed by atoms with Gasteiger partial charge in [-0.15, -0.1) is 0 Å². The predicted molar refractivity (Wildman–Crippen MR) is 62.4 cm³/mol. The molecule has 0 aliphatic carbocycles. The van der Waals surface area contributed by atoms with Gasteiger partial charge in [0.25, 0.3) is 0 Å². The van der Waals surface area contributed by atoms with Crippen molar-refractivity contribution in [3.05, 3.63) is 23.9 Å². The molecule has 78 valence electrons. The van der Waals surface area contributed by atoms with Crippen molar-refractivity contribution in [3.63, 3.8) is 0 Å². The summed E-state index contributed by atoms with van der Waals surface area (Å²) in [5.41, 5.74) is 1.09. The van der Waals surface area contributed by atoms with E-state index in [0.29, 0.717) is 5.92 Å². The Morgan fingerprint density at radius 2 is 2.00 bits per heavy atom. The first-order valence-electron chi connectivity index (χ1n) is 5.37. The van der Waals surface area contributed by atoms with Crippen molar-refractivity contribution in [2.45, 2.75) is 27.7 Å². The lowest BCUT2D eigenvalue weighted by atomic mass is 10.1. The Balaban J connectivity index is 2.93. The molecule has 0 aromatic carbocycles. The molecule has 0 bridgehead atoms. The second-order valence-electron chi connectivity index (χ2n) is 3.62. The van der Waals surface area contributed by atoms with Gasteiger partial charge in [-0.05, 0) is 26.8 Å². The third-order valence-corrected chi connectivity index (χ3v) is 2.52. The first-order chi connectivity index (χ1) is 6.69. The van der Waals surface area contributed by atoms with Crippen LogP contribution in [0.5, 0.6) is 0 Å². The molecule has 1 rings (SSSR count). The first-order valence-corrected chi connectivity index (χ1v) is 5.37. The van der Waals surface area contributed by atoms with Gasteiger partial charge in [0.1, 0.15) is 5.84 Å². The molecule has 0 aromatic rings. The minimum atomic E-state index is 0.420. The number of aliphatic imine (C=N–C) groups is 1. The van der Waals surface area contributed by atoms with Gasteiger partial charge in [-0.25, -0.2) is 4.99 Å². The van der Waals surface area contributed by atoms with Gasteiger partial charge >= 0.3 is 0 Å². The largest absolute Gasteiger partial charge is 0.360 e. The summed E-state index contributed by atoms with van der Waals surface area (Å²) in [7, 11) is 0. The van der Waals surface area contributed by atoms with E-state index < -0.39 is 0 Å². The zero-order valence-electron chi connectivity index (χ0n) is 9.62. The Kier molecular flexibility index (Phi) is 3.93. The molecule has 2 nitrogen and oxygen atoms in total. The van der Waals surface area contributed by atoms with Crippen LogP contribution >= 0.6 is 0 Å². The molecule has 0 aromatic heterocycles. The lowest BCUT2D eigenvalue weighted by Gasteiger charge is -2.25. The lowest BCUT2D eigenvalue weighted by Crippen LogP contribution is -2.34. The molecule has 0 N–H and O–H groups in total. The average Bonchev–Trinajstić information content (AvgIpc) is 2.32. The van der Waals surface area contributed by atoms with E-state index in [2.05, 4.69) is 48.9 Å². The average molecular weight is 192 g/mol. The first kappa shape index (κ1) is 11.0. The lowest BCUT2D eigenvalue weighted by molar-refractivity contribution is 0.446. The number of hydrogen-bond acceptors (Lipinski definition) is 2. The van der Waals surface area contributed by atoms with Crippen LogP contribution in [-0.4, -0.2) is 23.8 Å². The molecule has 0 saturated heterocycles. The maximum absolute atomic E-state index is 4.64. The van der Waals surface area contributed by atoms with Gasteiger partial charge < -0.3 is 4.90 Å². The van der Waals surface area contributed by atoms with Crippen molar-refractivity contribution < 1.29 is 0 Å². The van der Waals surface area contributed by atoms with Crippen LogP contribution in [0, 0.1) is 5.92 Å². The fourth-order valence-corrected chi connectivity index (χ4v) is 1.67. The molecule has 1 unspecified atom stereocenters. The van der Waals surface area contributed by atoms with E-state index in [0.717, 1.165) is 18.8 Å². The van der Waals surface area contributed by atoms with Crippen molar-refractivity contribution in [2.24, 2.45) is 10.9 Å². The fourth-order valence-electron chi connectivity index (χ4n) is 1.67. The molecule has 1 aliphatic heterocycles. The summed E-state index contributed by atoms with van der Waals surface area (Å²) < 4.78 is 0. The standard InChI is InChI=1S/C12H20N2/c1-5-14(6-2)12-10(3)8-7-9-11(4)13-12/h7-10H,5-6H2,1-4H3. The Bertz CT molecular complexity index is 270. The van der Waals surface area contributed by atoms with Crippen LogP contribution in [-0.2, 0) is 0 Å². The molecule has 0 amide bonds. The summed E-state index contributed by atoms with van der Waals surface area (Å²) in [5, 5.41) is 0. The smallest absolute Gasteiger partial charge is 0.111 e. The number of rotatable bonds is 2. The summed E-state index contributed by atoms with van der Waals surface area (Å²) in [5.74, 6) is 1.61. The highest BCUT2D eigenvalue weighted by atomic mass is 15.2. The van der Waals surface area contributed by atoms with Gasteiger partial charge in [-0.3, -0.25) is 0 Å². The number of allylic oxidation sites excluding steroid dienone is 3. The molecule has 14 heavy (non-hydrogen) atoms. The fraction of sp³-hybridized carbons (Fsp3) is 0.583. The van der Waals surface area contributed by atoms with Gasteiger partial charge in [0.15, 0.2) is 0 Å². The molecule has 0 spiro atoms. The molecule has 0 fully saturated rings. The number of amidine groups is 1. The van der Waals surface area contributed by atoms with Gasteiger partial charge in [0.05, 0.1) is 0 Å². The Labute approximate surface area is 87.0 Å². The van der Waals surface area contributed by atoms with Crippen molar-refractivity contribution in [1.82, 2.24) is 4.90 Å². The Hall–Kier alpha value is -1.05. The van der Waals surface area contributed by atoms with Crippen molar-refractivity contribution >= 4 is 5.84 Å². The predicted octanol–water partition coefficient (Wildman–Crippen LogP) is 2.84. The molecule has 2 heteroatoms. The van der Waals surface area contributed by atoms with Crippen LogP contribution in [0.2, 0.25) is 0 Å². The summed E-state index contributed by atoms with van der Waals surface area (Å²) in [4.78, 5) is 6.96. The van der Waals surface area contributed by atoms with Crippen molar-refractivity contribution in [2.75, 3.05) is 13.1 Å². The van der Waals surface area contributed by atoms with Crippen LogP contribution in [0.4, 0.5) is 0 Å². The zero-order valence-corrected chi connectivity index (χ0v) is 9.62. The van der Waals surface area contributed by atoms with Crippen molar-refractivity contribution in [3.8, 4) is 0 Å². The van der Waals surface area contributed by atoms with Gasteiger partial charge in [0.2, 0.25) is 0 Å². The molecule has 0 saturated carbocycles. The van der Waals surface area contributed by atoms with Gasteiger partial charge in [-0.1, -0.05) is 19.1 Å². The summed E-state index contributed by atoms with van der Waals surface area (Å²) in [6.45, 7) is 10.6. The molecule has 1 aliphatic rings. The third kappa shape index (κ3) is 2.47. The van der Waals surface area contributed by atoms with E-state index >= 15 is 0 Å². The molecular formula is C12H20N2. The third-order valence-electron chi connectivity index (χ3n) is 2.52. The molecule has 1 atom stereocenters. The Morgan fingerprint density at radius 3 is 2.57 bits per heavy atom. The maximum atomic E-state index is 4.64. The minimum Gasteiger partial charge on any atom is -0.360 e. The van der Waals surface area contributed by atoms with E-state index in [4.69, 9.17) is 0 Å². The highest BCUT2D eigenvalue weighted by Gasteiger charge is 2.14. The highest BCUT2D eigenvalue weighted by molar-refractivity contribution is 5.87. The molecule has 0 radical (unpaired) electrons. The van der Waals surface area contributed by atoms with E-state index in [1.54, 1.807) is 0 Å². The van der Waals surface area contributed by atoms with Crippen LogP contribution in [0.15, 0.2) is 28.9 Å². The van der Waals surface area contributed by atoms with E-state index in [1.807, 2.05) is 6.92 Å². The van der Waals surface area contributed by atoms with E-state index in [9.17, 15) is 0 Å². The maximum Gasteiger partial charge on any atom is 0.111 e. The quantitative estimate of drug-likeness (QED) is 0.657. The van der Waals surface area contributed by atoms with Crippen LogP contribution in [0.25, 0.3) is 0 Å². The van der Waals surface area contributed by atoms with E-state index in [1.165, 1.54) is 5.84 Å². The minimum absolute atomic E-state index is 0.420. The number of hydrogen-bond donors (Lipinski definition) is 0. The van der Waals surface area contributed by atoms with Gasteiger partial charge in [0, 0.05) is 24.7 Å². The second-order valence-corrected chi connectivity index (χ2v) is 3.62. The summed E-state index contributed by atoms with van der Waals surface area (Å²) >= 11 is 0. The summed E-state index contributed by atoms with van der Waals surface area (Å²) in [6.07, 6.45) is 6.36. The molecular weight excluding hydrogens is 172 g/mol. The van der Waals surface area contributed by atoms with Gasteiger partial charge in [-0.2, -0.15) is 0 Å². The van der Waals surface area contributed by atoms with Crippen LogP contribution in [0.3, 0.4) is 0 Å². The summed E-state index contributed by atoms with van der Waals surface area (Å²) in [6, 6.07) is 0. The van der Waals surface area contributed by atoms with Crippen molar-refractivity contribution in [1.29, 1.82) is 0 Å². The van der Waals surface area contributed by atoms with Crippen LogP contribution in [0.1, 0.15) is 27.7 Å². The van der Waals surface area contributed by atoms with Crippen LogP contribution < -0.4 is 0 Å². The SMILES string of the molecule is CCN(CC)C1=NC(C)=CC=CC1C. The number of nitrogens with zero attached hydrogens (tertiary/aromatic N) is 2. The zero-order chi connectivity index (χ0) is 10.6. The normalized spacial score (nSPS) is 21.3. The second kappa shape index (κ2) is 4.99. The molecule has 1 heterocycles. The highest BCUT2D eigenvalue weighted by Crippen LogP contribution is 2.13. The van der Waals surface area contributed by atoms with E-state index in [-0.39, 0.29) is 0 Å².